The van der Waals surface area contributed by atoms with E-state index in [1.54, 1.807) is 0 Å². The van der Waals surface area contributed by atoms with Gasteiger partial charge in [0, 0.05) is 5.54 Å². The van der Waals surface area contributed by atoms with Crippen molar-refractivity contribution in [1.82, 2.24) is 10.2 Å². The highest BCUT2D eigenvalue weighted by Gasteiger charge is 2.33. The first kappa shape index (κ1) is 16.4. The van der Waals surface area contributed by atoms with E-state index in [-0.39, 0.29) is 5.97 Å². The molecule has 4 heteroatoms. The van der Waals surface area contributed by atoms with Crippen LogP contribution in [0.1, 0.15) is 52.9 Å². The average Bonchev–Trinajstić information content (AvgIpc) is 2.72. The Hall–Kier alpha value is -0.610. The Kier molecular flexibility index (Phi) is 5.81. The normalized spacial score (nSPS) is 22.2. The molecular formula is C15H30N2O2. The third-order valence-corrected chi connectivity index (χ3v) is 4.62. The number of hydrogen-bond acceptors (Lipinski definition) is 4. The summed E-state index contributed by atoms with van der Waals surface area (Å²) < 4.78 is 4.86. The minimum absolute atomic E-state index is 0.170. The highest BCUT2D eigenvalue weighted by Crippen LogP contribution is 2.28. The van der Waals surface area contributed by atoms with E-state index in [2.05, 4.69) is 24.1 Å². The van der Waals surface area contributed by atoms with Crippen LogP contribution in [-0.2, 0) is 9.53 Å². The van der Waals surface area contributed by atoms with Gasteiger partial charge in [0.1, 0.15) is 5.54 Å². The number of rotatable bonds is 7. The fourth-order valence-electron chi connectivity index (χ4n) is 2.91. The Bertz CT molecular complexity index is 305. The minimum atomic E-state index is -0.546. The van der Waals surface area contributed by atoms with Crippen molar-refractivity contribution in [2.45, 2.75) is 64.0 Å². The first-order valence-electron chi connectivity index (χ1n) is 7.38. The van der Waals surface area contributed by atoms with Crippen LogP contribution in [0.5, 0.6) is 0 Å². The van der Waals surface area contributed by atoms with Crippen LogP contribution in [0.25, 0.3) is 0 Å². The number of likely N-dealkylation sites (tertiary alicyclic amines) is 1. The van der Waals surface area contributed by atoms with E-state index in [1.807, 2.05) is 14.0 Å². The standard InChI is InChI=1S/C15H30N2O2/c1-14(2)9-8-12-17(14)11-7-6-10-15(3,16-4)13(18)19-5/h16H,6-12H2,1-5H3. The first-order chi connectivity index (χ1) is 8.85. The summed E-state index contributed by atoms with van der Waals surface area (Å²) in [6.45, 7) is 8.91. The summed E-state index contributed by atoms with van der Waals surface area (Å²) >= 11 is 0. The molecule has 1 saturated heterocycles. The molecule has 1 atom stereocenters. The molecule has 0 aromatic heterocycles. The third kappa shape index (κ3) is 4.18. The summed E-state index contributed by atoms with van der Waals surface area (Å²) in [6.07, 6.45) is 5.61. The lowest BCUT2D eigenvalue weighted by Crippen LogP contribution is -2.48. The number of likely N-dealkylation sites (N-methyl/N-ethyl adjacent to an activating group) is 1. The summed E-state index contributed by atoms with van der Waals surface area (Å²) in [4.78, 5) is 14.3. The molecule has 1 aliphatic heterocycles. The van der Waals surface area contributed by atoms with E-state index in [1.165, 1.54) is 26.5 Å². The second-order valence-electron chi connectivity index (χ2n) is 6.43. The molecule has 0 aliphatic carbocycles. The number of hydrogen-bond donors (Lipinski definition) is 1. The number of methoxy groups -OCH3 is 1. The molecule has 0 amide bonds. The molecule has 0 spiro atoms. The van der Waals surface area contributed by atoms with Crippen molar-refractivity contribution in [3.8, 4) is 0 Å². The SMILES string of the molecule is CNC(C)(CCCCN1CCCC1(C)C)C(=O)OC. The monoisotopic (exact) mass is 270 g/mol. The first-order valence-corrected chi connectivity index (χ1v) is 7.38. The maximum Gasteiger partial charge on any atom is 0.325 e. The molecule has 0 aromatic carbocycles. The summed E-state index contributed by atoms with van der Waals surface area (Å²) in [5.41, 5.74) is -0.191. The molecule has 4 nitrogen and oxygen atoms in total. The van der Waals surface area contributed by atoms with Crippen LogP contribution in [0.4, 0.5) is 0 Å². The minimum Gasteiger partial charge on any atom is -0.468 e. The predicted octanol–water partition coefficient (Wildman–Crippen LogP) is 2.18. The Morgan fingerprint density at radius 2 is 2.11 bits per heavy atom. The topological polar surface area (TPSA) is 41.6 Å². The molecule has 1 aliphatic rings. The zero-order valence-electron chi connectivity index (χ0n) is 13.2. The van der Waals surface area contributed by atoms with Crippen molar-refractivity contribution in [3.63, 3.8) is 0 Å². The maximum absolute atomic E-state index is 11.7. The van der Waals surface area contributed by atoms with Gasteiger partial charge in [-0.25, -0.2) is 0 Å². The Labute approximate surface area is 117 Å². The lowest BCUT2D eigenvalue weighted by atomic mass is 9.94. The summed E-state index contributed by atoms with van der Waals surface area (Å²) in [6, 6.07) is 0. The van der Waals surface area contributed by atoms with Crippen LogP contribution < -0.4 is 5.32 Å². The zero-order valence-corrected chi connectivity index (χ0v) is 13.2. The zero-order chi connectivity index (χ0) is 14.5. The van der Waals surface area contributed by atoms with Crippen molar-refractivity contribution < 1.29 is 9.53 Å². The largest absolute Gasteiger partial charge is 0.468 e. The second-order valence-corrected chi connectivity index (χ2v) is 6.43. The van der Waals surface area contributed by atoms with Gasteiger partial charge in [-0.3, -0.25) is 9.69 Å². The van der Waals surface area contributed by atoms with Crippen LogP contribution in [-0.4, -0.2) is 49.2 Å². The second kappa shape index (κ2) is 6.71. The Morgan fingerprint density at radius 1 is 1.42 bits per heavy atom. The summed E-state index contributed by atoms with van der Waals surface area (Å²) in [5.74, 6) is -0.170. The third-order valence-electron chi connectivity index (χ3n) is 4.62. The number of carbonyl (C=O) groups is 1. The molecule has 1 heterocycles. The molecular weight excluding hydrogens is 240 g/mol. The number of ether oxygens (including phenoxy) is 1. The summed E-state index contributed by atoms with van der Waals surface area (Å²) in [7, 11) is 3.27. The number of nitrogens with one attached hydrogen (secondary N) is 1. The van der Waals surface area contributed by atoms with Crippen LogP contribution in [0.15, 0.2) is 0 Å². The molecule has 1 fully saturated rings. The smallest absolute Gasteiger partial charge is 0.325 e. The fourth-order valence-corrected chi connectivity index (χ4v) is 2.91. The van der Waals surface area contributed by atoms with Crippen LogP contribution in [0, 0.1) is 0 Å². The van der Waals surface area contributed by atoms with Crippen molar-refractivity contribution in [3.05, 3.63) is 0 Å². The van der Waals surface area contributed by atoms with Crippen molar-refractivity contribution >= 4 is 5.97 Å². The van der Waals surface area contributed by atoms with E-state index in [9.17, 15) is 4.79 Å². The van der Waals surface area contributed by atoms with E-state index < -0.39 is 5.54 Å². The molecule has 1 rings (SSSR count). The molecule has 0 aromatic rings. The molecule has 1 unspecified atom stereocenters. The van der Waals surface area contributed by atoms with Crippen molar-refractivity contribution in [1.29, 1.82) is 0 Å². The fraction of sp³-hybridized carbons (Fsp3) is 0.933. The maximum atomic E-state index is 11.7. The average molecular weight is 270 g/mol. The lowest BCUT2D eigenvalue weighted by Gasteiger charge is -2.32. The van der Waals surface area contributed by atoms with Gasteiger partial charge in [0.05, 0.1) is 7.11 Å². The van der Waals surface area contributed by atoms with Crippen LogP contribution >= 0.6 is 0 Å². The predicted molar refractivity (Wildman–Crippen MR) is 78.2 cm³/mol. The van der Waals surface area contributed by atoms with Gasteiger partial charge in [-0.05, 0) is 73.0 Å². The van der Waals surface area contributed by atoms with Gasteiger partial charge in [0.2, 0.25) is 0 Å². The molecule has 1 N–H and O–H groups in total. The number of esters is 1. The lowest BCUT2D eigenvalue weighted by molar-refractivity contribution is -0.148. The van der Waals surface area contributed by atoms with Crippen molar-refractivity contribution in [2.24, 2.45) is 0 Å². The van der Waals surface area contributed by atoms with Gasteiger partial charge < -0.3 is 10.1 Å². The summed E-state index contributed by atoms with van der Waals surface area (Å²) in [5, 5.41) is 3.09. The molecule has 0 saturated carbocycles. The van der Waals surface area contributed by atoms with Gasteiger partial charge in [-0.2, -0.15) is 0 Å². The molecule has 112 valence electrons. The molecule has 0 radical (unpaired) electrons. The highest BCUT2D eigenvalue weighted by molar-refractivity contribution is 5.80. The van der Waals surface area contributed by atoms with Gasteiger partial charge in [-0.15, -0.1) is 0 Å². The van der Waals surface area contributed by atoms with E-state index >= 15 is 0 Å². The number of carbonyl (C=O) groups excluding carboxylic acids is 1. The molecule has 0 bridgehead atoms. The quantitative estimate of drug-likeness (QED) is 0.569. The van der Waals surface area contributed by atoms with E-state index in [0.29, 0.717) is 5.54 Å². The number of unbranched alkanes of at least 4 members (excludes halogenated alkanes) is 1. The highest BCUT2D eigenvalue weighted by atomic mass is 16.5. The van der Waals surface area contributed by atoms with Gasteiger partial charge >= 0.3 is 5.97 Å². The van der Waals surface area contributed by atoms with Gasteiger partial charge in [0.15, 0.2) is 0 Å². The Balaban J connectivity index is 2.32. The molecule has 19 heavy (non-hydrogen) atoms. The van der Waals surface area contributed by atoms with Crippen LogP contribution in [0.2, 0.25) is 0 Å². The van der Waals surface area contributed by atoms with Crippen LogP contribution in [0.3, 0.4) is 0 Å². The van der Waals surface area contributed by atoms with Crippen molar-refractivity contribution in [2.75, 3.05) is 27.2 Å². The number of nitrogens with zero attached hydrogens (tertiary/aromatic N) is 1. The van der Waals surface area contributed by atoms with E-state index in [4.69, 9.17) is 4.74 Å². The Morgan fingerprint density at radius 3 is 2.58 bits per heavy atom. The van der Waals surface area contributed by atoms with Gasteiger partial charge in [0.25, 0.3) is 0 Å². The van der Waals surface area contributed by atoms with Gasteiger partial charge in [-0.1, -0.05) is 0 Å². The van der Waals surface area contributed by atoms with E-state index in [0.717, 1.165) is 25.8 Å².